The van der Waals surface area contributed by atoms with Gasteiger partial charge in [-0.3, -0.25) is 56.8 Å². The second-order valence-electron chi connectivity index (χ2n) is 22.1. The molecule has 0 saturated carbocycles. The first-order valence-corrected chi connectivity index (χ1v) is 31.4. The Morgan fingerprint density at radius 1 is 0.459 bits per heavy atom. The van der Waals surface area contributed by atoms with Gasteiger partial charge in [-0.2, -0.15) is 102 Å². The molecule has 58 heteroatoms. The van der Waals surface area contributed by atoms with Crippen molar-refractivity contribution in [1.29, 1.82) is 0 Å². The zero-order valence-electron chi connectivity index (χ0n) is 55.5. The molecule has 13 aromatic rings. The predicted molar refractivity (Wildman–Crippen MR) is 361 cm³/mol. The Kier molecular flexibility index (Phi) is 24.5. The smallest absolute Gasteiger partial charge is 0.406 e. The molecule has 0 fully saturated rings. The number of rotatable bonds is 19. The number of amides is 1. The third kappa shape index (κ3) is 18.4. The first kappa shape index (κ1) is 82.4. The van der Waals surface area contributed by atoms with Gasteiger partial charge in [-0.05, 0) is 24.3 Å². The zero-order valence-corrected chi connectivity index (χ0v) is 57.0. The van der Waals surface area contributed by atoms with E-state index in [9.17, 15) is 81.5 Å². The Balaban J connectivity index is 0.000000162. The van der Waals surface area contributed by atoms with Crippen LogP contribution in [0.15, 0.2) is 69.6 Å². The van der Waals surface area contributed by atoms with Crippen LogP contribution in [0.5, 0.6) is 0 Å². The first-order chi connectivity index (χ1) is 52.2. The van der Waals surface area contributed by atoms with Crippen LogP contribution in [0.25, 0.3) is 73.1 Å². The molecule has 13 heterocycles. The molecule has 0 spiro atoms. The number of furan rings is 2. The summed E-state index contributed by atoms with van der Waals surface area (Å²) in [6.07, 6.45) is -16.0. The van der Waals surface area contributed by atoms with Crippen LogP contribution in [0.3, 0.4) is 0 Å². The average molecular weight is 1630 g/mol. The minimum Gasteiger partial charge on any atom is -0.461 e. The van der Waals surface area contributed by atoms with Gasteiger partial charge in [0.1, 0.15) is 53.8 Å². The fourth-order valence-electron chi connectivity index (χ4n) is 10.4. The van der Waals surface area contributed by atoms with Gasteiger partial charge < -0.3 is 73.4 Å². The van der Waals surface area contributed by atoms with Gasteiger partial charge in [-0.25, -0.2) is 34.8 Å². The van der Waals surface area contributed by atoms with E-state index in [1.807, 2.05) is 0 Å². The summed E-state index contributed by atoms with van der Waals surface area (Å²) in [6.45, 7) is -9.22. The molecule has 0 unspecified atom stereocenters. The van der Waals surface area contributed by atoms with E-state index in [4.69, 9.17) is 92.1 Å². The Morgan fingerprint density at radius 3 is 1.28 bits per heavy atom. The second-order valence-corrected chi connectivity index (χ2v) is 22.8. The molecule has 0 saturated heterocycles. The number of halogens is 14. The molecule has 0 aliphatic heterocycles. The van der Waals surface area contributed by atoms with Crippen molar-refractivity contribution in [3.05, 3.63) is 105 Å². The molecule has 13 rings (SSSR count). The summed E-state index contributed by atoms with van der Waals surface area (Å²) in [6, 6.07) is 5.98. The number of aliphatic hydroxyl groups is 5. The molecule has 13 aromatic heterocycles. The van der Waals surface area contributed by atoms with E-state index >= 15 is 0 Å². The number of hydrogen-bond acceptors (Lipinski definition) is 32. The number of fused-ring (bicyclic) bond motifs is 7. The molecule has 1 amide bonds. The largest absolute Gasteiger partial charge is 0.461 e. The number of nitrogens with one attached hydrogen (secondary N) is 4. The standard InChI is InChI=1S/C14H14F3N7O4.C14H12F3N7O3.C9H9ClF3N5O2.C9H12F3N7O2.C7H8ClN5O2/c15-14(16,17)6-24-8-9(21-22-11(26)7-2-1-5-28-7)19-12(18)20-10(8)23(3-4-25)13(24)27;15-14(16,17)6-23-8-10(22(3-4-25)13(23)26)20-12(18)24-11(8)19-9(21-24)7-2-1-5-27-7;10-5-4-6(16-7(14)15-5)17(1-2-19)8(20)18(4)3-9(11,12)13;10-9(11,12)3-19-4-5(17-14)15-7(13)16-6(4)18(1-2-20)8(19)21;8-4-3-5(12-6(9)11-4)13(1-2-14)7(15)10-3/h1-2,5,25H,3-4,6H2,(H,22,26)(H3,18,19,20,21);1-2,5,25H,3-4,6H2,(H2,18,20);19H,1-3H2,(H2,14,15,16);20H,1-3,14H2,(H3,13,15,16,17);14H,1-2H2,(H,10,15)(H2,9,11,12). The molecule has 0 aliphatic carbocycles. The summed E-state index contributed by atoms with van der Waals surface area (Å²) in [5, 5.41) is 48.7. The van der Waals surface area contributed by atoms with Gasteiger partial charge in [0.25, 0.3) is 0 Å². The monoisotopic (exact) mass is 1630 g/mol. The Bertz CT molecular complexity index is 5850. The topological polar surface area (TPSA) is 628 Å². The molecule has 111 heavy (non-hydrogen) atoms. The minimum atomic E-state index is -4.72. The lowest BCUT2D eigenvalue weighted by Crippen LogP contribution is -2.32. The molecule has 0 atom stereocenters. The number of hydrogen-bond donors (Lipinski definition) is 15. The van der Waals surface area contributed by atoms with Crippen LogP contribution < -0.4 is 79.2 Å². The van der Waals surface area contributed by atoms with E-state index in [-0.39, 0.29) is 159 Å². The van der Waals surface area contributed by atoms with E-state index in [2.05, 4.69) is 76.2 Å². The quantitative estimate of drug-likeness (QED) is 0.0209. The van der Waals surface area contributed by atoms with Gasteiger partial charge in [0.15, 0.2) is 67.3 Å². The van der Waals surface area contributed by atoms with Crippen LogP contribution in [0, 0.1) is 0 Å². The summed E-state index contributed by atoms with van der Waals surface area (Å²) in [5.74, 6) is 3.07. The third-order valence-corrected chi connectivity index (χ3v) is 15.0. The number of imidazole rings is 5. The normalized spacial score (nSPS) is 12.0. The van der Waals surface area contributed by atoms with Crippen LogP contribution >= 0.6 is 23.2 Å². The van der Waals surface area contributed by atoms with Crippen LogP contribution in [0.1, 0.15) is 10.6 Å². The molecule has 0 aliphatic rings. The Morgan fingerprint density at radius 2 is 0.847 bits per heavy atom. The highest BCUT2D eigenvalue weighted by atomic mass is 35.5. The van der Waals surface area contributed by atoms with Crippen LogP contribution in [-0.2, 0) is 58.9 Å². The van der Waals surface area contributed by atoms with Crippen LogP contribution in [-0.4, -0.2) is 195 Å². The van der Waals surface area contributed by atoms with E-state index in [1.165, 1.54) is 29.2 Å². The van der Waals surface area contributed by atoms with Crippen molar-refractivity contribution in [2.45, 2.75) is 83.6 Å². The molecule has 44 nitrogen and oxygen atoms in total. The van der Waals surface area contributed by atoms with E-state index < -0.39 is 112 Å². The lowest BCUT2D eigenvalue weighted by Gasteiger charge is -2.11. The van der Waals surface area contributed by atoms with Crippen molar-refractivity contribution in [2.75, 3.05) is 72.6 Å². The number of aromatic amines is 1. The number of aliphatic hydroxyl groups excluding tert-OH is 5. The maximum Gasteiger partial charge on any atom is 0.406 e. The summed E-state index contributed by atoms with van der Waals surface area (Å²) in [5.41, 5.74) is 28.6. The van der Waals surface area contributed by atoms with Crippen molar-refractivity contribution >= 4 is 132 Å². The molecule has 0 radical (unpaired) electrons. The fraction of sp³-hybridized carbons (Fsp3) is 0.340. The summed E-state index contributed by atoms with van der Waals surface area (Å²) in [7, 11) is 0. The van der Waals surface area contributed by atoms with Crippen molar-refractivity contribution in [3.63, 3.8) is 0 Å². The van der Waals surface area contributed by atoms with Crippen molar-refractivity contribution in [3.8, 4) is 11.6 Å². The van der Waals surface area contributed by atoms with Gasteiger partial charge in [0.2, 0.25) is 35.6 Å². The van der Waals surface area contributed by atoms with Crippen LogP contribution in [0.4, 0.5) is 94.1 Å². The number of carbonyl (C=O) groups is 1. The number of nitrogen functional groups attached to an aromatic ring is 6. The highest BCUT2D eigenvalue weighted by molar-refractivity contribution is 6.34. The lowest BCUT2D eigenvalue weighted by atomic mass is 10.4. The number of H-pyrrole nitrogens is 1. The molecule has 0 aromatic carbocycles. The minimum absolute atomic E-state index is 0.0156. The molecule has 21 N–H and O–H groups in total. The SMILES string of the molecule is NNc1nc(N)nc2c1n(CC(F)(F)F)c(=O)n2CCO.Nc1nc(Cl)c2[nH]c(=O)n(CCO)c2n1.Nc1nc(Cl)c2c(n1)n(CCO)c(=O)n2CC(F)(F)F.Nc1nc(NNC(=O)c2ccco2)c2c(n1)n(CCO)c(=O)n2CC(F)(F)F.Nc1nc2c(c3nc(-c4ccco4)nn13)n(CC(F)(F)F)c(=O)n2CCO. The highest BCUT2D eigenvalue weighted by Crippen LogP contribution is 2.31. The molecular formula is C53H55Cl2F12N31O13. The van der Waals surface area contributed by atoms with Crippen LogP contribution in [0.2, 0.25) is 10.3 Å². The second kappa shape index (κ2) is 33.1. The third-order valence-electron chi connectivity index (χ3n) is 14.5. The van der Waals surface area contributed by atoms with E-state index in [0.717, 1.165) is 22.8 Å². The van der Waals surface area contributed by atoms with Crippen molar-refractivity contribution in [2.24, 2.45) is 5.84 Å². The van der Waals surface area contributed by atoms with Gasteiger partial charge in [-0.1, -0.05) is 23.2 Å². The lowest BCUT2D eigenvalue weighted by molar-refractivity contribution is -0.141. The maximum atomic E-state index is 13.0. The number of anilines is 7. The molecule has 0 bridgehead atoms. The number of aromatic nitrogens is 22. The number of hydrazine groups is 2. The fourth-order valence-corrected chi connectivity index (χ4v) is 10.9. The summed E-state index contributed by atoms with van der Waals surface area (Å²) >= 11 is 11.5. The van der Waals surface area contributed by atoms with E-state index in [1.54, 1.807) is 12.1 Å². The van der Waals surface area contributed by atoms with Gasteiger partial charge in [0, 0.05) is 0 Å². The Labute approximate surface area is 611 Å². The van der Waals surface area contributed by atoms with Gasteiger partial charge >= 0.3 is 59.1 Å². The average Bonchev–Trinajstić information content (AvgIpc) is 1.62. The highest BCUT2D eigenvalue weighted by Gasteiger charge is 2.37. The number of nitrogens with two attached hydrogens (primary N) is 6. The van der Waals surface area contributed by atoms with Crippen molar-refractivity contribution in [1.82, 2.24) is 111 Å². The number of carbonyl (C=O) groups excluding carboxylic acids is 1. The summed E-state index contributed by atoms with van der Waals surface area (Å²) < 4.78 is 171. The first-order valence-electron chi connectivity index (χ1n) is 30.6. The number of alkyl halides is 12. The van der Waals surface area contributed by atoms with Crippen molar-refractivity contribution < 1.29 is 91.8 Å². The number of nitrogens with zero attached hydrogens (tertiary/aromatic N) is 21. The predicted octanol–water partition coefficient (Wildman–Crippen LogP) is -0.537. The Hall–Kier alpha value is -12.7. The molecular weight excluding hydrogens is 1580 g/mol. The van der Waals surface area contributed by atoms with Gasteiger partial charge in [-0.15, -0.1) is 5.10 Å². The van der Waals surface area contributed by atoms with E-state index in [0.29, 0.717) is 29.4 Å². The summed E-state index contributed by atoms with van der Waals surface area (Å²) in [4.78, 5) is 113. The van der Waals surface area contributed by atoms with Gasteiger partial charge in [0.05, 0.1) is 78.3 Å². The maximum absolute atomic E-state index is 13.0. The zero-order chi connectivity index (χ0) is 81.7. The molecule has 598 valence electrons.